The second-order valence-corrected chi connectivity index (χ2v) is 5.36. The van der Waals surface area contributed by atoms with Gasteiger partial charge in [-0.25, -0.2) is 4.98 Å². The van der Waals surface area contributed by atoms with Crippen LogP contribution in [0.1, 0.15) is 31.5 Å². The normalized spacial score (nSPS) is 29.5. The molecular weight excluding hydrogens is 214 g/mol. The van der Waals surface area contributed by atoms with Crippen molar-refractivity contribution in [3.05, 3.63) is 18.2 Å². The second kappa shape index (κ2) is 4.78. The van der Waals surface area contributed by atoms with Gasteiger partial charge in [-0.15, -0.1) is 0 Å². The van der Waals surface area contributed by atoms with Gasteiger partial charge in [0.05, 0.1) is 12.6 Å². The van der Waals surface area contributed by atoms with E-state index in [1.807, 2.05) is 6.20 Å². The summed E-state index contributed by atoms with van der Waals surface area (Å²) in [5.41, 5.74) is 0. The number of rotatable bonds is 3. The van der Waals surface area contributed by atoms with Gasteiger partial charge in [0, 0.05) is 25.5 Å². The molecule has 2 aliphatic rings. The Hall–Kier alpha value is -0.870. The molecule has 2 unspecified atom stereocenters. The van der Waals surface area contributed by atoms with Crippen LogP contribution in [0.5, 0.6) is 0 Å². The molecule has 1 aliphatic carbocycles. The van der Waals surface area contributed by atoms with Crippen LogP contribution in [0.15, 0.2) is 12.4 Å². The number of imidazole rings is 1. The molecule has 4 heteroatoms. The summed E-state index contributed by atoms with van der Waals surface area (Å²) < 4.78 is 2.24. The monoisotopic (exact) mass is 235 g/mol. The Labute approximate surface area is 102 Å². The van der Waals surface area contributed by atoms with Crippen LogP contribution < -0.4 is 0 Å². The van der Waals surface area contributed by atoms with Crippen LogP contribution >= 0.6 is 0 Å². The molecule has 2 heterocycles. The molecule has 1 saturated carbocycles. The van der Waals surface area contributed by atoms with Crippen molar-refractivity contribution in [2.45, 2.75) is 44.9 Å². The molecule has 0 bridgehead atoms. The van der Waals surface area contributed by atoms with Gasteiger partial charge in [-0.1, -0.05) is 6.42 Å². The van der Waals surface area contributed by atoms with E-state index in [1.165, 1.54) is 18.7 Å². The number of fused-ring (bicyclic) bond motifs is 1. The highest BCUT2D eigenvalue weighted by molar-refractivity contribution is 4.95. The van der Waals surface area contributed by atoms with E-state index >= 15 is 0 Å². The number of nitrogens with zero attached hydrogens (tertiary/aromatic N) is 3. The Kier molecular flexibility index (Phi) is 3.16. The Morgan fingerprint density at radius 1 is 1.35 bits per heavy atom. The maximum atomic E-state index is 9.81. The van der Waals surface area contributed by atoms with Crippen LogP contribution in [-0.2, 0) is 13.1 Å². The predicted octanol–water partition coefficient (Wildman–Crippen LogP) is 1.25. The van der Waals surface area contributed by atoms with Crippen molar-refractivity contribution in [3.8, 4) is 0 Å². The van der Waals surface area contributed by atoms with Crippen LogP contribution in [0.4, 0.5) is 0 Å². The molecule has 1 aliphatic heterocycles. The summed E-state index contributed by atoms with van der Waals surface area (Å²) in [5, 5.41) is 9.81. The molecule has 0 amide bonds. The highest BCUT2D eigenvalue weighted by Crippen LogP contribution is 2.28. The van der Waals surface area contributed by atoms with Crippen molar-refractivity contribution in [2.75, 3.05) is 13.1 Å². The first-order chi connectivity index (χ1) is 8.33. The number of aliphatic hydroxyl groups excluding tert-OH is 1. The van der Waals surface area contributed by atoms with Crippen molar-refractivity contribution in [3.63, 3.8) is 0 Å². The lowest BCUT2D eigenvalue weighted by Crippen LogP contribution is -2.35. The van der Waals surface area contributed by atoms with Crippen molar-refractivity contribution < 1.29 is 5.11 Å². The summed E-state index contributed by atoms with van der Waals surface area (Å²) in [7, 11) is 0. The van der Waals surface area contributed by atoms with E-state index in [2.05, 4.69) is 20.6 Å². The predicted molar refractivity (Wildman–Crippen MR) is 65.5 cm³/mol. The first-order valence-electron chi connectivity index (χ1n) is 6.73. The van der Waals surface area contributed by atoms with Gasteiger partial charge in [0.1, 0.15) is 5.82 Å². The van der Waals surface area contributed by atoms with Gasteiger partial charge in [0.2, 0.25) is 0 Å². The molecule has 0 aromatic carbocycles. The molecule has 0 spiro atoms. The molecule has 0 saturated heterocycles. The zero-order valence-electron chi connectivity index (χ0n) is 10.3. The van der Waals surface area contributed by atoms with Crippen LogP contribution in [0, 0.1) is 5.92 Å². The summed E-state index contributed by atoms with van der Waals surface area (Å²) >= 11 is 0. The quantitative estimate of drug-likeness (QED) is 0.857. The van der Waals surface area contributed by atoms with Crippen molar-refractivity contribution >= 4 is 0 Å². The van der Waals surface area contributed by atoms with E-state index in [0.29, 0.717) is 5.92 Å². The van der Waals surface area contributed by atoms with Crippen molar-refractivity contribution in [1.82, 2.24) is 14.5 Å². The minimum Gasteiger partial charge on any atom is -0.393 e. The Bertz CT molecular complexity index is 376. The largest absolute Gasteiger partial charge is 0.393 e. The highest BCUT2D eigenvalue weighted by Gasteiger charge is 2.26. The van der Waals surface area contributed by atoms with E-state index in [0.717, 1.165) is 39.0 Å². The summed E-state index contributed by atoms with van der Waals surface area (Å²) in [5.74, 6) is 1.72. The van der Waals surface area contributed by atoms with Gasteiger partial charge >= 0.3 is 0 Å². The maximum absolute atomic E-state index is 9.81. The van der Waals surface area contributed by atoms with Gasteiger partial charge in [0.15, 0.2) is 0 Å². The third-order valence-electron chi connectivity index (χ3n) is 4.26. The molecule has 1 aromatic heterocycles. The topological polar surface area (TPSA) is 41.3 Å². The number of hydrogen-bond acceptors (Lipinski definition) is 3. The van der Waals surface area contributed by atoms with Crippen molar-refractivity contribution in [2.24, 2.45) is 5.92 Å². The minimum absolute atomic E-state index is 0.0400. The van der Waals surface area contributed by atoms with E-state index in [9.17, 15) is 5.11 Å². The number of aliphatic hydroxyl groups is 1. The third kappa shape index (κ3) is 2.38. The summed E-state index contributed by atoms with van der Waals surface area (Å²) in [6.07, 6.45) is 8.48. The molecular formula is C13H21N3O. The van der Waals surface area contributed by atoms with Crippen LogP contribution in [0.2, 0.25) is 0 Å². The summed E-state index contributed by atoms with van der Waals surface area (Å²) in [4.78, 5) is 6.84. The average Bonchev–Trinajstić information content (AvgIpc) is 2.94. The Morgan fingerprint density at radius 3 is 3.12 bits per heavy atom. The first kappa shape index (κ1) is 11.2. The third-order valence-corrected chi connectivity index (χ3v) is 4.26. The Balaban J connectivity index is 1.51. The number of hydrogen-bond donors (Lipinski definition) is 1. The SMILES string of the molecule is OC1CCCC1CCN1CCn2ccnc2C1. The molecule has 2 atom stereocenters. The lowest BCUT2D eigenvalue weighted by molar-refractivity contribution is 0.113. The van der Waals surface area contributed by atoms with E-state index in [-0.39, 0.29) is 6.10 Å². The first-order valence-corrected chi connectivity index (χ1v) is 6.73. The zero-order valence-corrected chi connectivity index (χ0v) is 10.3. The van der Waals surface area contributed by atoms with Crippen LogP contribution in [-0.4, -0.2) is 38.8 Å². The smallest absolute Gasteiger partial charge is 0.122 e. The molecule has 1 fully saturated rings. The molecule has 0 radical (unpaired) electrons. The van der Waals surface area contributed by atoms with Crippen molar-refractivity contribution in [1.29, 1.82) is 0 Å². The highest BCUT2D eigenvalue weighted by atomic mass is 16.3. The van der Waals surface area contributed by atoms with Gasteiger partial charge < -0.3 is 9.67 Å². The Morgan fingerprint density at radius 2 is 2.29 bits per heavy atom. The zero-order chi connectivity index (χ0) is 11.7. The summed E-state index contributed by atoms with van der Waals surface area (Å²) in [6.45, 7) is 4.25. The standard InChI is InChI=1S/C13H21N3O/c17-12-3-1-2-11(12)4-6-15-8-9-16-7-5-14-13(16)10-15/h5,7,11-12,17H,1-4,6,8-10H2. The fraction of sp³-hybridized carbons (Fsp3) is 0.769. The molecule has 94 valence electrons. The van der Waals surface area contributed by atoms with E-state index < -0.39 is 0 Å². The second-order valence-electron chi connectivity index (χ2n) is 5.36. The lowest BCUT2D eigenvalue weighted by atomic mass is 10.0. The van der Waals surface area contributed by atoms with E-state index in [1.54, 1.807) is 0 Å². The van der Waals surface area contributed by atoms with Gasteiger partial charge in [-0.3, -0.25) is 4.90 Å². The fourth-order valence-corrected chi connectivity index (χ4v) is 3.12. The van der Waals surface area contributed by atoms with Crippen LogP contribution in [0.3, 0.4) is 0 Å². The van der Waals surface area contributed by atoms with Gasteiger partial charge in [-0.2, -0.15) is 0 Å². The van der Waals surface area contributed by atoms with E-state index in [4.69, 9.17) is 0 Å². The lowest BCUT2D eigenvalue weighted by Gasteiger charge is -2.28. The summed E-state index contributed by atoms with van der Waals surface area (Å²) in [6, 6.07) is 0. The fourth-order valence-electron chi connectivity index (χ4n) is 3.12. The van der Waals surface area contributed by atoms with Gasteiger partial charge in [-0.05, 0) is 31.7 Å². The minimum atomic E-state index is -0.0400. The number of aromatic nitrogens is 2. The molecule has 1 N–H and O–H groups in total. The molecule has 1 aromatic rings. The van der Waals surface area contributed by atoms with Crippen LogP contribution in [0.25, 0.3) is 0 Å². The molecule has 3 rings (SSSR count). The molecule has 4 nitrogen and oxygen atoms in total. The van der Waals surface area contributed by atoms with Gasteiger partial charge in [0.25, 0.3) is 0 Å². The maximum Gasteiger partial charge on any atom is 0.122 e. The molecule has 17 heavy (non-hydrogen) atoms. The average molecular weight is 235 g/mol.